The smallest absolute Gasteiger partial charge is 0.157 e. The van der Waals surface area contributed by atoms with Crippen LogP contribution in [0.15, 0.2) is 12.4 Å². The zero-order chi connectivity index (χ0) is 10.6. The third-order valence-electron chi connectivity index (χ3n) is 1.66. The van der Waals surface area contributed by atoms with Crippen molar-refractivity contribution in [3.8, 4) is 5.75 Å². The minimum atomic E-state index is -2.95. The van der Waals surface area contributed by atoms with Gasteiger partial charge in [0.1, 0.15) is 6.61 Å². The molecule has 0 spiro atoms. The summed E-state index contributed by atoms with van der Waals surface area (Å²) >= 11 is 0. The van der Waals surface area contributed by atoms with Gasteiger partial charge >= 0.3 is 0 Å². The number of aromatic nitrogens is 2. The Balaban J connectivity index is 2.39. The molecular weight excluding hydrogens is 204 g/mol. The molecule has 0 aliphatic rings. The van der Waals surface area contributed by atoms with Crippen molar-refractivity contribution in [2.45, 2.75) is 13.5 Å². The van der Waals surface area contributed by atoms with E-state index in [1.165, 1.54) is 6.26 Å². The SMILES string of the molecule is CCn1cc(OCCS(C)(=O)=O)cn1. The minimum absolute atomic E-state index is 0.0320. The maximum absolute atomic E-state index is 10.8. The molecule has 5 nitrogen and oxygen atoms in total. The van der Waals surface area contributed by atoms with Gasteiger partial charge in [-0.15, -0.1) is 0 Å². The van der Waals surface area contributed by atoms with E-state index in [4.69, 9.17) is 4.74 Å². The second kappa shape index (κ2) is 4.45. The van der Waals surface area contributed by atoms with Gasteiger partial charge in [0, 0.05) is 12.8 Å². The summed E-state index contributed by atoms with van der Waals surface area (Å²) in [6, 6.07) is 0. The Kier molecular flexibility index (Phi) is 3.51. The molecule has 6 heteroatoms. The quantitative estimate of drug-likeness (QED) is 0.714. The van der Waals surface area contributed by atoms with Crippen LogP contribution in [0.25, 0.3) is 0 Å². The minimum Gasteiger partial charge on any atom is -0.489 e. The van der Waals surface area contributed by atoms with Gasteiger partial charge in [0.25, 0.3) is 0 Å². The number of hydrogen-bond acceptors (Lipinski definition) is 4. The summed E-state index contributed by atoms with van der Waals surface area (Å²) in [4.78, 5) is 0. The fourth-order valence-corrected chi connectivity index (χ4v) is 1.29. The Morgan fingerprint density at radius 1 is 1.57 bits per heavy atom. The molecular formula is C8H14N2O3S. The van der Waals surface area contributed by atoms with Crippen LogP contribution in [0.2, 0.25) is 0 Å². The van der Waals surface area contributed by atoms with Crippen molar-refractivity contribution < 1.29 is 13.2 Å². The summed E-state index contributed by atoms with van der Waals surface area (Å²) in [7, 11) is -2.95. The standard InChI is InChI=1S/C8H14N2O3S/c1-3-10-7-8(6-9-10)13-4-5-14(2,11)12/h6-7H,3-5H2,1-2H3. The molecule has 1 rings (SSSR count). The molecule has 0 aliphatic carbocycles. The summed E-state index contributed by atoms with van der Waals surface area (Å²) < 4.78 is 28.5. The van der Waals surface area contributed by atoms with E-state index in [0.29, 0.717) is 5.75 Å². The lowest BCUT2D eigenvalue weighted by Gasteiger charge is -2.00. The molecule has 0 N–H and O–H groups in total. The van der Waals surface area contributed by atoms with Gasteiger partial charge in [-0.1, -0.05) is 0 Å². The molecule has 0 bridgehead atoms. The van der Waals surface area contributed by atoms with Crippen molar-refractivity contribution >= 4 is 9.84 Å². The van der Waals surface area contributed by atoms with Crippen molar-refractivity contribution in [2.75, 3.05) is 18.6 Å². The molecule has 0 unspecified atom stereocenters. The van der Waals surface area contributed by atoms with E-state index < -0.39 is 9.84 Å². The van der Waals surface area contributed by atoms with Gasteiger partial charge in [0.2, 0.25) is 0 Å². The van der Waals surface area contributed by atoms with Gasteiger partial charge in [-0.05, 0) is 6.92 Å². The van der Waals surface area contributed by atoms with Crippen LogP contribution >= 0.6 is 0 Å². The van der Waals surface area contributed by atoms with Crippen LogP contribution in [-0.2, 0) is 16.4 Å². The van der Waals surface area contributed by atoms with Gasteiger partial charge in [-0.25, -0.2) is 8.42 Å². The summed E-state index contributed by atoms with van der Waals surface area (Å²) in [5, 5.41) is 3.99. The zero-order valence-corrected chi connectivity index (χ0v) is 9.12. The lowest BCUT2D eigenvalue weighted by atomic mass is 10.6. The molecule has 1 aromatic rings. The van der Waals surface area contributed by atoms with Crippen molar-refractivity contribution in [2.24, 2.45) is 0 Å². The predicted molar refractivity (Wildman–Crippen MR) is 53.1 cm³/mol. The van der Waals surface area contributed by atoms with E-state index in [-0.39, 0.29) is 12.4 Å². The number of aryl methyl sites for hydroxylation is 1. The van der Waals surface area contributed by atoms with Crippen LogP contribution in [-0.4, -0.2) is 36.8 Å². The zero-order valence-electron chi connectivity index (χ0n) is 8.30. The summed E-state index contributed by atoms with van der Waals surface area (Å²) in [5.41, 5.74) is 0. The number of rotatable bonds is 5. The number of nitrogens with zero attached hydrogens (tertiary/aromatic N) is 2. The van der Waals surface area contributed by atoms with E-state index in [1.807, 2.05) is 6.92 Å². The molecule has 0 fully saturated rings. The lowest BCUT2D eigenvalue weighted by Crippen LogP contribution is -2.11. The Hall–Kier alpha value is -1.04. The van der Waals surface area contributed by atoms with Crippen LogP contribution in [0.5, 0.6) is 5.75 Å². The van der Waals surface area contributed by atoms with Gasteiger partial charge in [-0.3, -0.25) is 4.68 Å². The first kappa shape index (κ1) is 11.0. The van der Waals surface area contributed by atoms with Crippen molar-refractivity contribution in [1.29, 1.82) is 0 Å². The first-order valence-electron chi connectivity index (χ1n) is 4.34. The molecule has 0 aromatic carbocycles. The Labute approximate surface area is 83.6 Å². The highest BCUT2D eigenvalue weighted by Gasteiger charge is 2.03. The van der Waals surface area contributed by atoms with Crippen molar-refractivity contribution in [1.82, 2.24) is 9.78 Å². The van der Waals surface area contributed by atoms with E-state index in [0.717, 1.165) is 6.54 Å². The monoisotopic (exact) mass is 218 g/mol. The highest BCUT2D eigenvalue weighted by atomic mass is 32.2. The molecule has 0 aliphatic heterocycles. The first-order chi connectivity index (χ1) is 6.51. The van der Waals surface area contributed by atoms with E-state index in [9.17, 15) is 8.42 Å². The van der Waals surface area contributed by atoms with E-state index in [1.54, 1.807) is 17.1 Å². The number of ether oxygens (including phenoxy) is 1. The maximum atomic E-state index is 10.8. The second-order valence-electron chi connectivity index (χ2n) is 3.01. The molecule has 1 aromatic heterocycles. The molecule has 0 saturated carbocycles. The summed E-state index contributed by atoms with van der Waals surface area (Å²) in [6.45, 7) is 2.91. The molecule has 14 heavy (non-hydrogen) atoms. The summed E-state index contributed by atoms with van der Waals surface area (Å²) in [5.74, 6) is 0.639. The average molecular weight is 218 g/mol. The third-order valence-corrected chi connectivity index (χ3v) is 2.56. The molecule has 0 saturated heterocycles. The molecule has 0 atom stereocenters. The highest BCUT2D eigenvalue weighted by molar-refractivity contribution is 7.90. The van der Waals surface area contributed by atoms with Gasteiger partial charge in [0.05, 0.1) is 18.1 Å². The van der Waals surface area contributed by atoms with E-state index >= 15 is 0 Å². The predicted octanol–water partition coefficient (Wildman–Crippen LogP) is 0.326. The number of hydrogen-bond donors (Lipinski definition) is 0. The number of sulfone groups is 1. The topological polar surface area (TPSA) is 61.2 Å². The first-order valence-corrected chi connectivity index (χ1v) is 6.40. The highest BCUT2D eigenvalue weighted by Crippen LogP contribution is 2.07. The maximum Gasteiger partial charge on any atom is 0.157 e. The van der Waals surface area contributed by atoms with Crippen molar-refractivity contribution in [3.05, 3.63) is 12.4 Å². The Morgan fingerprint density at radius 3 is 2.79 bits per heavy atom. The van der Waals surface area contributed by atoms with Crippen LogP contribution in [0.3, 0.4) is 0 Å². The average Bonchev–Trinajstić information content (AvgIpc) is 2.50. The van der Waals surface area contributed by atoms with Gasteiger partial charge < -0.3 is 4.74 Å². The summed E-state index contributed by atoms with van der Waals surface area (Å²) in [6.07, 6.45) is 4.50. The molecule has 0 amide bonds. The molecule has 1 heterocycles. The lowest BCUT2D eigenvalue weighted by molar-refractivity contribution is 0.340. The van der Waals surface area contributed by atoms with Crippen LogP contribution in [0.4, 0.5) is 0 Å². The van der Waals surface area contributed by atoms with Crippen LogP contribution in [0, 0.1) is 0 Å². The van der Waals surface area contributed by atoms with E-state index in [2.05, 4.69) is 5.10 Å². The van der Waals surface area contributed by atoms with Crippen LogP contribution in [0.1, 0.15) is 6.92 Å². The normalized spacial score (nSPS) is 11.6. The fraction of sp³-hybridized carbons (Fsp3) is 0.625. The molecule has 0 radical (unpaired) electrons. The second-order valence-corrected chi connectivity index (χ2v) is 5.27. The molecule has 80 valence electrons. The third kappa shape index (κ3) is 3.78. The van der Waals surface area contributed by atoms with Crippen LogP contribution < -0.4 is 4.74 Å². The largest absolute Gasteiger partial charge is 0.489 e. The van der Waals surface area contributed by atoms with Gasteiger partial charge in [-0.2, -0.15) is 5.10 Å². The van der Waals surface area contributed by atoms with Crippen molar-refractivity contribution in [3.63, 3.8) is 0 Å². The fourth-order valence-electron chi connectivity index (χ4n) is 0.903. The Morgan fingerprint density at radius 2 is 2.29 bits per heavy atom. The van der Waals surface area contributed by atoms with Gasteiger partial charge in [0.15, 0.2) is 15.6 Å². The Bertz CT molecular complexity index is 383.